The fourth-order valence-electron chi connectivity index (χ4n) is 3.46. The number of hydrogen-bond acceptors (Lipinski definition) is 5. The molecule has 2 aromatic heterocycles. The van der Waals surface area contributed by atoms with Gasteiger partial charge in [0.2, 0.25) is 5.88 Å². The lowest BCUT2D eigenvalue weighted by atomic mass is 9.84. The normalized spacial score (nSPS) is 15.7. The van der Waals surface area contributed by atoms with Gasteiger partial charge in [0.25, 0.3) is 5.56 Å². The highest BCUT2D eigenvalue weighted by molar-refractivity contribution is 6.31. The van der Waals surface area contributed by atoms with E-state index in [1.807, 2.05) is 0 Å². The molecule has 0 amide bonds. The number of nitriles is 1. The van der Waals surface area contributed by atoms with Crippen molar-refractivity contribution in [3.8, 4) is 11.8 Å². The van der Waals surface area contributed by atoms with Crippen LogP contribution in [0.4, 0.5) is 0 Å². The quantitative estimate of drug-likeness (QED) is 0.732. The number of aromatic nitrogens is 1. The molecule has 4 rings (SSSR count). The van der Waals surface area contributed by atoms with E-state index in [2.05, 4.69) is 6.07 Å². The second-order valence-electron chi connectivity index (χ2n) is 6.48. The van der Waals surface area contributed by atoms with Gasteiger partial charge in [-0.05, 0) is 30.7 Å². The number of ether oxygens (including phenoxy) is 1. The van der Waals surface area contributed by atoms with E-state index in [-0.39, 0.29) is 23.6 Å². The number of furan rings is 1. The summed E-state index contributed by atoms with van der Waals surface area (Å²) in [6, 6.07) is 14.5. The number of hydrogen-bond donors (Lipinski definition) is 1. The van der Waals surface area contributed by atoms with Crippen molar-refractivity contribution in [1.29, 1.82) is 5.26 Å². The van der Waals surface area contributed by atoms with E-state index in [9.17, 15) is 10.1 Å². The molecule has 1 aliphatic rings. The Labute approximate surface area is 166 Å². The molecule has 1 aromatic carbocycles. The van der Waals surface area contributed by atoms with Gasteiger partial charge >= 0.3 is 0 Å². The maximum atomic E-state index is 13.4. The van der Waals surface area contributed by atoms with Gasteiger partial charge in [-0.1, -0.05) is 29.8 Å². The number of rotatable bonds is 3. The van der Waals surface area contributed by atoms with Gasteiger partial charge in [0.05, 0.1) is 24.3 Å². The SMILES string of the molecule is Cc1cc2c(c(=O)n1Cc1ccco1)[C@@H](c1ccccc1Cl)C(C#N)=C(N)O2. The third-order valence-corrected chi connectivity index (χ3v) is 5.14. The Morgan fingerprint density at radius 1 is 1.29 bits per heavy atom. The largest absolute Gasteiger partial charge is 0.467 e. The van der Waals surface area contributed by atoms with Crippen LogP contribution in [-0.4, -0.2) is 4.57 Å². The van der Waals surface area contributed by atoms with Gasteiger partial charge in [0.1, 0.15) is 23.2 Å². The summed E-state index contributed by atoms with van der Waals surface area (Å²) in [6.07, 6.45) is 1.56. The van der Waals surface area contributed by atoms with Crippen molar-refractivity contribution in [1.82, 2.24) is 4.57 Å². The molecule has 1 atom stereocenters. The summed E-state index contributed by atoms with van der Waals surface area (Å²) in [5.41, 5.74) is 7.52. The average Bonchev–Trinajstić information content (AvgIpc) is 3.18. The molecule has 0 aliphatic carbocycles. The fourth-order valence-corrected chi connectivity index (χ4v) is 3.71. The summed E-state index contributed by atoms with van der Waals surface area (Å²) in [7, 11) is 0. The van der Waals surface area contributed by atoms with Crippen LogP contribution in [0.2, 0.25) is 5.02 Å². The van der Waals surface area contributed by atoms with E-state index >= 15 is 0 Å². The predicted molar refractivity (Wildman–Crippen MR) is 104 cm³/mol. The van der Waals surface area contributed by atoms with E-state index in [1.165, 1.54) is 0 Å². The van der Waals surface area contributed by atoms with Gasteiger partial charge in [0, 0.05) is 16.8 Å². The topological polar surface area (TPSA) is 94.2 Å². The molecule has 7 heteroatoms. The van der Waals surface area contributed by atoms with Crippen LogP contribution in [0.5, 0.6) is 5.75 Å². The minimum absolute atomic E-state index is 0.0255. The molecular weight excluding hydrogens is 378 g/mol. The van der Waals surface area contributed by atoms with E-state index in [0.717, 1.165) is 0 Å². The summed E-state index contributed by atoms with van der Waals surface area (Å²) in [5, 5.41) is 10.1. The summed E-state index contributed by atoms with van der Waals surface area (Å²) >= 11 is 6.40. The van der Waals surface area contributed by atoms with Crippen LogP contribution in [-0.2, 0) is 6.54 Å². The molecule has 0 radical (unpaired) electrons. The average molecular weight is 394 g/mol. The number of allylic oxidation sites excluding steroid dienone is 1. The van der Waals surface area contributed by atoms with Crippen molar-refractivity contribution < 1.29 is 9.15 Å². The maximum absolute atomic E-state index is 13.4. The molecule has 0 spiro atoms. The first-order chi connectivity index (χ1) is 13.5. The molecule has 0 fully saturated rings. The van der Waals surface area contributed by atoms with Crippen LogP contribution < -0.4 is 16.0 Å². The smallest absolute Gasteiger partial charge is 0.259 e. The van der Waals surface area contributed by atoms with Crippen molar-refractivity contribution in [3.05, 3.63) is 98.1 Å². The molecule has 1 aliphatic heterocycles. The Morgan fingerprint density at radius 2 is 2.07 bits per heavy atom. The maximum Gasteiger partial charge on any atom is 0.259 e. The van der Waals surface area contributed by atoms with E-state index in [1.54, 1.807) is 60.2 Å². The first-order valence-electron chi connectivity index (χ1n) is 8.60. The van der Waals surface area contributed by atoms with Gasteiger partial charge in [-0.3, -0.25) is 4.79 Å². The molecule has 0 saturated heterocycles. The molecule has 140 valence electrons. The Bertz CT molecular complexity index is 1190. The predicted octanol–water partition coefficient (Wildman–Crippen LogP) is 3.67. The zero-order valence-electron chi connectivity index (χ0n) is 15.0. The number of aryl methyl sites for hydroxylation is 1. The van der Waals surface area contributed by atoms with E-state index < -0.39 is 5.92 Å². The highest BCUT2D eigenvalue weighted by atomic mass is 35.5. The number of nitrogens with zero attached hydrogens (tertiary/aromatic N) is 2. The van der Waals surface area contributed by atoms with Crippen molar-refractivity contribution in [2.24, 2.45) is 5.73 Å². The van der Waals surface area contributed by atoms with Crippen molar-refractivity contribution in [2.75, 3.05) is 0 Å². The second-order valence-corrected chi connectivity index (χ2v) is 6.89. The van der Waals surface area contributed by atoms with Crippen molar-refractivity contribution in [3.63, 3.8) is 0 Å². The third-order valence-electron chi connectivity index (χ3n) is 4.80. The van der Waals surface area contributed by atoms with Crippen LogP contribution in [0.1, 0.15) is 28.5 Å². The lowest BCUT2D eigenvalue weighted by Gasteiger charge is -2.27. The molecule has 0 unspecified atom stereocenters. The van der Waals surface area contributed by atoms with E-state index in [4.69, 9.17) is 26.5 Å². The van der Waals surface area contributed by atoms with Gasteiger partial charge in [-0.2, -0.15) is 5.26 Å². The summed E-state index contributed by atoms with van der Waals surface area (Å²) in [5.74, 6) is 0.243. The number of benzene rings is 1. The number of fused-ring (bicyclic) bond motifs is 1. The highest BCUT2D eigenvalue weighted by Crippen LogP contribution is 2.42. The number of nitrogens with two attached hydrogens (primary N) is 1. The minimum atomic E-state index is -0.710. The van der Waals surface area contributed by atoms with Crippen LogP contribution in [0.15, 0.2) is 69.4 Å². The molecule has 0 bridgehead atoms. The van der Waals surface area contributed by atoms with Gasteiger partial charge < -0.3 is 19.5 Å². The minimum Gasteiger partial charge on any atom is -0.467 e. The lowest BCUT2D eigenvalue weighted by Crippen LogP contribution is -2.33. The van der Waals surface area contributed by atoms with Gasteiger partial charge in [-0.15, -0.1) is 0 Å². The zero-order valence-corrected chi connectivity index (χ0v) is 15.7. The lowest BCUT2D eigenvalue weighted by molar-refractivity contribution is 0.387. The first-order valence-corrected chi connectivity index (χ1v) is 8.97. The number of halogens is 1. The van der Waals surface area contributed by atoms with Crippen LogP contribution in [0.25, 0.3) is 0 Å². The Morgan fingerprint density at radius 3 is 2.75 bits per heavy atom. The van der Waals surface area contributed by atoms with Gasteiger partial charge in [-0.25, -0.2) is 0 Å². The summed E-state index contributed by atoms with van der Waals surface area (Å²) in [6.45, 7) is 2.07. The summed E-state index contributed by atoms with van der Waals surface area (Å²) < 4.78 is 12.6. The third kappa shape index (κ3) is 2.86. The van der Waals surface area contributed by atoms with Crippen molar-refractivity contribution in [2.45, 2.75) is 19.4 Å². The second kappa shape index (κ2) is 6.95. The molecule has 28 heavy (non-hydrogen) atoms. The molecule has 6 nitrogen and oxygen atoms in total. The monoisotopic (exact) mass is 393 g/mol. The Balaban J connectivity index is 1.97. The first kappa shape index (κ1) is 18.0. The molecule has 3 heterocycles. The van der Waals surface area contributed by atoms with Crippen LogP contribution >= 0.6 is 11.6 Å². The van der Waals surface area contributed by atoms with Crippen molar-refractivity contribution >= 4 is 11.6 Å². The van der Waals surface area contributed by atoms with Gasteiger partial charge in [0.15, 0.2) is 0 Å². The number of pyridine rings is 1. The molecule has 2 N–H and O–H groups in total. The molecular formula is C21H16ClN3O3. The highest BCUT2D eigenvalue weighted by Gasteiger charge is 2.35. The van der Waals surface area contributed by atoms with Crippen LogP contribution in [0, 0.1) is 18.3 Å². The standard InChI is InChI=1S/C21H16ClN3O3/c1-12-9-17-19(21(26)25(12)11-13-5-4-8-27-13)18(15(10-23)20(24)28-17)14-6-2-3-7-16(14)22/h2-9,18H,11,24H2,1H3/t18-/m0/s1. The Hall–Kier alpha value is -3.43. The Kier molecular flexibility index (Phi) is 4.46. The zero-order chi connectivity index (χ0) is 19.8. The molecule has 0 saturated carbocycles. The van der Waals surface area contributed by atoms with E-state index in [0.29, 0.717) is 33.4 Å². The fraction of sp³-hybridized carbons (Fsp3) is 0.143. The summed E-state index contributed by atoms with van der Waals surface area (Å²) in [4.78, 5) is 13.4. The molecule has 3 aromatic rings. The van der Waals surface area contributed by atoms with Crippen LogP contribution in [0.3, 0.4) is 0 Å².